The molecule has 0 radical (unpaired) electrons. The first-order valence-electron chi connectivity index (χ1n) is 9.67. The zero-order valence-electron chi connectivity index (χ0n) is 16.8. The summed E-state index contributed by atoms with van der Waals surface area (Å²) in [5, 5.41) is 3.38. The molecule has 1 aliphatic heterocycles. The number of rotatable bonds is 5. The van der Waals surface area contributed by atoms with Crippen molar-refractivity contribution >= 4 is 48.5 Å². The minimum Gasteiger partial charge on any atom is -0.300 e. The van der Waals surface area contributed by atoms with Crippen molar-refractivity contribution in [2.75, 3.05) is 5.32 Å². The first kappa shape index (κ1) is 20.5. The number of aryl methyl sites for hydroxylation is 1. The summed E-state index contributed by atoms with van der Waals surface area (Å²) in [5.74, 6) is -0.200. The second-order valence-corrected chi connectivity index (χ2v) is 10.0. The monoisotopic (exact) mass is 442 g/mol. The molecule has 2 aromatic carbocycles. The quantitative estimate of drug-likeness (QED) is 0.629. The van der Waals surface area contributed by atoms with E-state index in [2.05, 4.69) is 20.0 Å². The number of nitrogens with zero attached hydrogens (tertiary/aromatic N) is 2. The van der Waals surface area contributed by atoms with E-state index in [1.54, 1.807) is 18.2 Å². The number of para-hydroxylation sites is 1. The van der Waals surface area contributed by atoms with Crippen molar-refractivity contribution in [2.24, 2.45) is 10.9 Å². The van der Waals surface area contributed by atoms with Gasteiger partial charge in [-0.05, 0) is 36.6 Å². The number of hydrogen-bond acceptors (Lipinski definition) is 6. The molecule has 0 bridgehead atoms. The van der Waals surface area contributed by atoms with Crippen LogP contribution in [0.2, 0.25) is 0 Å². The van der Waals surface area contributed by atoms with Crippen LogP contribution >= 0.6 is 11.3 Å². The Bertz CT molecular complexity index is 1260. The Hall–Kier alpha value is -2.78. The van der Waals surface area contributed by atoms with Crippen LogP contribution in [0.3, 0.4) is 0 Å². The highest BCUT2D eigenvalue weighted by Gasteiger charge is 2.33. The number of sulfonamides is 1. The SMILES string of the molecule is CC[C@H](C)[C@H](N=C1NS(=O)(=O)c2ccccc21)C(=O)Nc1nc2c(C)cccc2s1. The largest absolute Gasteiger partial charge is 0.300 e. The van der Waals surface area contributed by atoms with Crippen molar-refractivity contribution in [1.29, 1.82) is 0 Å². The van der Waals surface area contributed by atoms with Gasteiger partial charge in [0, 0.05) is 5.56 Å². The molecule has 2 N–H and O–H groups in total. The van der Waals surface area contributed by atoms with E-state index in [1.807, 2.05) is 39.0 Å². The predicted molar refractivity (Wildman–Crippen MR) is 120 cm³/mol. The van der Waals surface area contributed by atoms with E-state index in [4.69, 9.17) is 0 Å². The van der Waals surface area contributed by atoms with Crippen molar-refractivity contribution < 1.29 is 13.2 Å². The molecule has 30 heavy (non-hydrogen) atoms. The molecular formula is C21H22N4O3S2. The standard InChI is InChI=1S/C21H22N4O3S2/c1-4-12(2)18(22-19-14-9-5-6-11-16(14)30(27,28)25-19)20(26)24-21-23-17-13(3)8-7-10-15(17)29-21/h5-12,18H,4H2,1-3H3,(H,22,25)(H,23,24,26)/t12-,18-/m0/s1. The molecule has 7 nitrogen and oxygen atoms in total. The molecule has 1 amide bonds. The van der Waals surface area contributed by atoms with Crippen LogP contribution in [0.4, 0.5) is 5.13 Å². The Kier molecular flexibility index (Phi) is 5.33. The Morgan fingerprint density at radius 2 is 2.00 bits per heavy atom. The van der Waals surface area contributed by atoms with Gasteiger partial charge in [-0.2, -0.15) is 0 Å². The summed E-state index contributed by atoms with van der Waals surface area (Å²) >= 11 is 1.40. The number of carbonyl (C=O) groups excluding carboxylic acids is 1. The minimum absolute atomic E-state index is 0.0918. The number of amidine groups is 1. The summed E-state index contributed by atoms with van der Waals surface area (Å²) in [7, 11) is -3.66. The van der Waals surface area contributed by atoms with Crippen LogP contribution in [0, 0.1) is 12.8 Å². The number of benzene rings is 2. The Labute approximate surface area is 179 Å². The van der Waals surface area contributed by atoms with Gasteiger partial charge >= 0.3 is 0 Å². The zero-order valence-corrected chi connectivity index (χ0v) is 18.5. The van der Waals surface area contributed by atoms with E-state index < -0.39 is 16.1 Å². The van der Waals surface area contributed by atoms with E-state index in [-0.39, 0.29) is 22.6 Å². The predicted octanol–water partition coefficient (Wildman–Crippen LogP) is 3.70. The Balaban J connectivity index is 1.67. The molecule has 0 aliphatic carbocycles. The van der Waals surface area contributed by atoms with Crippen LogP contribution in [0.25, 0.3) is 10.2 Å². The average Bonchev–Trinajstić information content (AvgIpc) is 3.24. The van der Waals surface area contributed by atoms with Crippen molar-refractivity contribution in [1.82, 2.24) is 9.71 Å². The van der Waals surface area contributed by atoms with Gasteiger partial charge in [-0.15, -0.1) is 0 Å². The van der Waals surface area contributed by atoms with Crippen LogP contribution in [-0.4, -0.2) is 31.2 Å². The van der Waals surface area contributed by atoms with Crippen molar-refractivity contribution in [3.05, 3.63) is 53.6 Å². The molecule has 0 fully saturated rings. The third kappa shape index (κ3) is 3.70. The number of hydrogen-bond donors (Lipinski definition) is 2. The number of amides is 1. The van der Waals surface area contributed by atoms with Gasteiger partial charge in [-0.25, -0.2) is 13.4 Å². The molecule has 0 unspecified atom stereocenters. The molecule has 0 saturated carbocycles. The molecule has 4 rings (SSSR count). The van der Waals surface area contributed by atoms with Gasteiger partial charge in [0.1, 0.15) is 11.9 Å². The molecule has 0 saturated heterocycles. The maximum absolute atomic E-state index is 13.1. The lowest BCUT2D eigenvalue weighted by atomic mass is 9.99. The Morgan fingerprint density at radius 1 is 1.23 bits per heavy atom. The molecule has 1 aromatic heterocycles. The molecule has 0 spiro atoms. The molecule has 2 atom stereocenters. The molecule has 3 aromatic rings. The highest BCUT2D eigenvalue weighted by Crippen LogP contribution is 2.29. The molecule has 9 heteroatoms. The number of nitrogens with one attached hydrogen (secondary N) is 2. The van der Waals surface area contributed by atoms with Gasteiger partial charge < -0.3 is 5.32 Å². The van der Waals surface area contributed by atoms with E-state index in [0.717, 1.165) is 15.8 Å². The van der Waals surface area contributed by atoms with E-state index >= 15 is 0 Å². The second kappa shape index (κ2) is 7.81. The van der Waals surface area contributed by atoms with Crippen LogP contribution in [-0.2, 0) is 14.8 Å². The van der Waals surface area contributed by atoms with Gasteiger partial charge in [-0.1, -0.05) is 55.9 Å². The van der Waals surface area contributed by atoms with E-state index in [9.17, 15) is 13.2 Å². The molecule has 156 valence electrons. The number of aromatic nitrogens is 1. The minimum atomic E-state index is -3.66. The van der Waals surface area contributed by atoms with Crippen molar-refractivity contribution in [3.63, 3.8) is 0 Å². The molecule has 2 heterocycles. The second-order valence-electron chi connectivity index (χ2n) is 7.34. The lowest BCUT2D eigenvalue weighted by Crippen LogP contribution is -2.34. The number of fused-ring (bicyclic) bond motifs is 2. The van der Waals surface area contributed by atoms with Crippen LogP contribution in [0.5, 0.6) is 0 Å². The first-order chi connectivity index (χ1) is 14.3. The average molecular weight is 443 g/mol. The summed E-state index contributed by atoms with van der Waals surface area (Å²) in [6.45, 7) is 5.87. The van der Waals surface area contributed by atoms with Gasteiger partial charge in [0.25, 0.3) is 15.9 Å². The fraction of sp³-hybridized carbons (Fsp3) is 0.286. The van der Waals surface area contributed by atoms with Gasteiger partial charge in [0.2, 0.25) is 0 Å². The zero-order chi connectivity index (χ0) is 21.5. The van der Waals surface area contributed by atoms with Crippen molar-refractivity contribution in [2.45, 2.75) is 38.1 Å². The van der Waals surface area contributed by atoms with E-state index in [0.29, 0.717) is 17.1 Å². The molecule has 1 aliphatic rings. The summed E-state index contributed by atoms with van der Waals surface area (Å²) < 4.78 is 28.2. The van der Waals surface area contributed by atoms with Gasteiger partial charge in [-0.3, -0.25) is 14.5 Å². The third-order valence-corrected chi connectivity index (χ3v) is 7.57. The van der Waals surface area contributed by atoms with Crippen LogP contribution in [0.15, 0.2) is 52.4 Å². The number of carbonyl (C=O) groups is 1. The topological polar surface area (TPSA) is 101 Å². The maximum atomic E-state index is 13.1. The lowest BCUT2D eigenvalue weighted by molar-refractivity contribution is -0.118. The lowest BCUT2D eigenvalue weighted by Gasteiger charge is -2.18. The highest BCUT2D eigenvalue weighted by atomic mass is 32.2. The summed E-state index contributed by atoms with van der Waals surface area (Å²) in [6.07, 6.45) is 0.711. The summed E-state index contributed by atoms with van der Waals surface area (Å²) in [6, 6.07) is 11.8. The normalized spacial score (nSPS) is 18.0. The van der Waals surface area contributed by atoms with Gasteiger partial charge in [0.05, 0.1) is 15.1 Å². The fourth-order valence-corrected chi connectivity index (χ4v) is 5.54. The summed E-state index contributed by atoms with van der Waals surface area (Å²) in [5.41, 5.74) is 2.39. The van der Waals surface area contributed by atoms with Crippen LogP contribution in [0.1, 0.15) is 31.4 Å². The van der Waals surface area contributed by atoms with E-state index in [1.165, 1.54) is 17.4 Å². The Morgan fingerprint density at radius 3 is 2.73 bits per heavy atom. The van der Waals surface area contributed by atoms with Gasteiger partial charge in [0.15, 0.2) is 5.13 Å². The number of aliphatic imine (C=N–C) groups is 1. The number of thiazole rings is 1. The molecular weight excluding hydrogens is 420 g/mol. The highest BCUT2D eigenvalue weighted by molar-refractivity contribution is 7.90. The maximum Gasteiger partial charge on any atom is 0.263 e. The van der Waals surface area contributed by atoms with Crippen LogP contribution < -0.4 is 10.0 Å². The first-order valence-corrected chi connectivity index (χ1v) is 12.0. The smallest absolute Gasteiger partial charge is 0.263 e. The van der Waals surface area contributed by atoms with Crippen molar-refractivity contribution in [3.8, 4) is 0 Å². The summed E-state index contributed by atoms with van der Waals surface area (Å²) in [4.78, 5) is 22.4. The fourth-order valence-electron chi connectivity index (χ4n) is 3.36. The number of anilines is 1. The third-order valence-electron chi connectivity index (χ3n) is 5.23.